The molecule has 0 aliphatic heterocycles. The lowest BCUT2D eigenvalue weighted by molar-refractivity contribution is 0.317. The van der Waals surface area contributed by atoms with E-state index in [2.05, 4.69) is 67.4 Å². The van der Waals surface area contributed by atoms with Gasteiger partial charge in [-0.2, -0.15) is 0 Å². The first-order valence-corrected chi connectivity index (χ1v) is 9.54. The molecule has 0 unspecified atom stereocenters. The van der Waals surface area contributed by atoms with E-state index in [4.69, 9.17) is 4.74 Å². The minimum absolute atomic E-state index is 0.757. The van der Waals surface area contributed by atoms with Gasteiger partial charge < -0.3 is 4.74 Å². The minimum Gasteiger partial charge on any atom is -0.494 e. The molecule has 3 aromatic rings. The van der Waals surface area contributed by atoms with Crippen LogP contribution in [0.1, 0.15) is 37.0 Å². The van der Waals surface area contributed by atoms with Gasteiger partial charge >= 0.3 is 0 Å². The van der Waals surface area contributed by atoms with Crippen molar-refractivity contribution in [2.45, 2.75) is 39.5 Å². The summed E-state index contributed by atoms with van der Waals surface area (Å²) >= 11 is 0. The molecule has 2 heteroatoms. The van der Waals surface area contributed by atoms with Crippen LogP contribution in [0.25, 0.3) is 11.3 Å². The van der Waals surface area contributed by atoms with Gasteiger partial charge in [0.25, 0.3) is 0 Å². The van der Waals surface area contributed by atoms with Gasteiger partial charge in [0.05, 0.1) is 12.3 Å². The highest BCUT2D eigenvalue weighted by Crippen LogP contribution is 2.21. The Kier molecular flexibility index (Phi) is 6.43. The van der Waals surface area contributed by atoms with E-state index in [1.165, 1.54) is 16.7 Å². The Bertz CT molecular complexity index is 789. The molecule has 0 saturated carbocycles. The van der Waals surface area contributed by atoms with Crippen LogP contribution in [0.2, 0.25) is 0 Å². The van der Waals surface area contributed by atoms with Crippen molar-refractivity contribution >= 4 is 0 Å². The monoisotopic (exact) mass is 345 g/mol. The van der Waals surface area contributed by atoms with Crippen LogP contribution in [0.5, 0.6) is 5.75 Å². The summed E-state index contributed by atoms with van der Waals surface area (Å²) in [6.07, 6.45) is 6.18. The zero-order valence-electron chi connectivity index (χ0n) is 15.7. The lowest BCUT2D eigenvalue weighted by atomic mass is 10.0. The molecular formula is C24H27NO. The molecule has 0 aliphatic rings. The first-order valence-electron chi connectivity index (χ1n) is 9.54. The quantitative estimate of drug-likeness (QED) is 0.508. The molecule has 0 atom stereocenters. The van der Waals surface area contributed by atoms with Gasteiger partial charge in [0.2, 0.25) is 0 Å². The average molecular weight is 345 g/mol. The molecule has 0 radical (unpaired) electrons. The van der Waals surface area contributed by atoms with E-state index in [0.29, 0.717) is 0 Å². The molecule has 0 aliphatic carbocycles. The predicted molar refractivity (Wildman–Crippen MR) is 109 cm³/mol. The van der Waals surface area contributed by atoms with Crippen LogP contribution < -0.4 is 4.74 Å². The third-order valence-corrected chi connectivity index (χ3v) is 4.58. The molecule has 0 spiro atoms. The highest BCUT2D eigenvalue weighted by atomic mass is 16.5. The molecule has 0 bridgehead atoms. The second kappa shape index (κ2) is 9.19. The van der Waals surface area contributed by atoms with Gasteiger partial charge in [0.15, 0.2) is 0 Å². The van der Waals surface area contributed by atoms with Gasteiger partial charge in [-0.25, -0.2) is 0 Å². The van der Waals surface area contributed by atoms with Crippen molar-refractivity contribution in [2.75, 3.05) is 6.61 Å². The third-order valence-electron chi connectivity index (χ3n) is 4.58. The highest BCUT2D eigenvalue weighted by Gasteiger charge is 2.02. The van der Waals surface area contributed by atoms with Crippen molar-refractivity contribution in [3.8, 4) is 17.0 Å². The molecule has 0 fully saturated rings. The number of ether oxygens (including phenoxy) is 1. The summed E-state index contributed by atoms with van der Waals surface area (Å²) in [5.41, 5.74) is 6.18. The van der Waals surface area contributed by atoms with Crippen molar-refractivity contribution in [1.82, 2.24) is 4.98 Å². The summed E-state index contributed by atoms with van der Waals surface area (Å²) in [6.45, 7) is 5.06. The summed E-state index contributed by atoms with van der Waals surface area (Å²) in [5.74, 6) is 0.918. The fourth-order valence-corrected chi connectivity index (χ4v) is 2.92. The number of aryl methyl sites for hydroxylation is 3. The number of hydrogen-bond donors (Lipinski definition) is 0. The Hall–Kier alpha value is -2.61. The van der Waals surface area contributed by atoms with E-state index in [9.17, 15) is 0 Å². The summed E-state index contributed by atoms with van der Waals surface area (Å²) in [5, 5.41) is 0. The summed E-state index contributed by atoms with van der Waals surface area (Å²) in [4.78, 5) is 4.64. The smallest absolute Gasteiger partial charge is 0.119 e. The molecule has 0 saturated heterocycles. The van der Waals surface area contributed by atoms with Crippen molar-refractivity contribution in [2.24, 2.45) is 0 Å². The van der Waals surface area contributed by atoms with E-state index in [0.717, 1.165) is 49.3 Å². The van der Waals surface area contributed by atoms with E-state index in [-0.39, 0.29) is 0 Å². The predicted octanol–water partition coefficient (Wildman–Crippen LogP) is 5.89. The van der Waals surface area contributed by atoms with Crippen LogP contribution in [0.3, 0.4) is 0 Å². The highest BCUT2D eigenvalue weighted by molar-refractivity contribution is 5.60. The Morgan fingerprint density at radius 2 is 1.38 bits per heavy atom. The van der Waals surface area contributed by atoms with Gasteiger partial charge in [0, 0.05) is 11.8 Å². The molecule has 1 heterocycles. The molecule has 3 rings (SSSR count). The standard InChI is InChI=1S/C24H27NO/c1-3-17-26-23-14-12-22(13-15-23)24-16-11-21(18-25-24)10-9-20-7-5-19(4-2)6-8-20/h5-8,11-16,18H,3-4,9-10,17H2,1-2H3. The van der Waals surface area contributed by atoms with Crippen LogP contribution in [0, 0.1) is 0 Å². The number of rotatable bonds is 8. The van der Waals surface area contributed by atoms with Crippen molar-refractivity contribution < 1.29 is 4.74 Å². The molecule has 26 heavy (non-hydrogen) atoms. The van der Waals surface area contributed by atoms with Gasteiger partial charge in [-0.15, -0.1) is 0 Å². The number of aromatic nitrogens is 1. The molecule has 2 nitrogen and oxygen atoms in total. The summed E-state index contributed by atoms with van der Waals surface area (Å²) in [7, 11) is 0. The van der Waals surface area contributed by atoms with Crippen LogP contribution in [0.15, 0.2) is 66.9 Å². The van der Waals surface area contributed by atoms with E-state index < -0.39 is 0 Å². The first kappa shape index (κ1) is 18.2. The topological polar surface area (TPSA) is 22.1 Å². The maximum atomic E-state index is 5.63. The Morgan fingerprint density at radius 1 is 0.731 bits per heavy atom. The minimum atomic E-state index is 0.757. The van der Waals surface area contributed by atoms with E-state index in [1.54, 1.807) is 0 Å². The third kappa shape index (κ3) is 4.95. The summed E-state index contributed by atoms with van der Waals surface area (Å²) in [6, 6.07) is 21.4. The van der Waals surface area contributed by atoms with Crippen molar-refractivity contribution in [3.63, 3.8) is 0 Å². The fourth-order valence-electron chi connectivity index (χ4n) is 2.92. The van der Waals surface area contributed by atoms with Gasteiger partial charge in [-0.3, -0.25) is 4.98 Å². The first-order chi connectivity index (χ1) is 12.8. The lowest BCUT2D eigenvalue weighted by Crippen LogP contribution is -1.95. The number of pyridine rings is 1. The molecule has 1 aromatic heterocycles. The van der Waals surface area contributed by atoms with Crippen LogP contribution in [0.4, 0.5) is 0 Å². The van der Waals surface area contributed by atoms with E-state index >= 15 is 0 Å². The number of benzene rings is 2. The fraction of sp³-hybridized carbons (Fsp3) is 0.292. The Balaban J connectivity index is 1.58. The Labute approximate surface area is 156 Å². The van der Waals surface area contributed by atoms with Crippen LogP contribution >= 0.6 is 0 Å². The molecule has 134 valence electrons. The molecule has 2 aromatic carbocycles. The Morgan fingerprint density at radius 3 is 2.00 bits per heavy atom. The zero-order chi connectivity index (χ0) is 18.2. The zero-order valence-corrected chi connectivity index (χ0v) is 15.7. The number of nitrogens with zero attached hydrogens (tertiary/aromatic N) is 1. The maximum Gasteiger partial charge on any atom is 0.119 e. The van der Waals surface area contributed by atoms with Gasteiger partial charge in [-0.05, 0) is 72.7 Å². The normalized spacial score (nSPS) is 10.7. The molecule has 0 N–H and O–H groups in total. The van der Waals surface area contributed by atoms with Crippen molar-refractivity contribution in [1.29, 1.82) is 0 Å². The van der Waals surface area contributed by atoms with Crippen LogP contribution in [-0.4, -0.2) is 11.6 Å². The second-order valence-electron chi connectivity index (χ2n) is 6.59. The largest absolute Gasteiger partial charge is 0.494 e. The lowest BCUT2D eigenvalue weighted by Gasteiger charge is -2.07. The van der Waals surface area contributed by atoms with Gasteiger partial charge in [0.1, 0.15) is 5.75 Å². The molecular weight excluding hydrogens is 318 g/mol. The number of hydrogen-bond acceptors (Lipinski definition) is 2. The van der Waals surface area contributed by atoms with Crippen LogP contribution in [-0.2, 0) is 19.3 Å². The second-order valence-corrected chi connectivity index (χ2v) is 6.59. The van der Waals surface area contributed by atoms with Gasteiger partial charge in [-0.1, -0.05) is 44.2 Å². The van der Waals surface area contributed by atoms with E-state index in [1.807, 2.05) is 18.3 Å². The summed E-state index contributed by atoms with van der Waals surface area (Å²) < 4.78 is 5.63. The maximum absolute atomic E-state index is 5.63. The molecule has 0 amide bonds. The van der Waals surface area contributed by atoms with Crippen molar-refractivity contribution in [3.05, 3.63) is 83.6 Å². The average Bonchev–Trinajstić information content (AvgIpc) is 2.72. The SMILES string of the molecule is CCCOc1ccc(-c2ccc(CCc3ccc(CC)cc3)cn2)cc1.